The second-order valence-electron chi connectivity index (χ2n) is 9.93. The largest absolute Gasteiger partial charge is 0.495 e. The second-order valence-corrected chi connectivity index (χ2v) is 11.8. The number of sulfonamides is 1. The van der Waals surface area contributed by atoms with Gasteiger partial charge >= 0.3 is 0 Å². The van der Waals surface area contributed by atoms with Gasteiger partial charge in [0.2, 0.25) is 10.0 Å². The highest BCUT2D eigenvalue weighted by molar-refractivity contribution is 7.89. The highest BCUT2D eigenvalue weighted by Gasteiger charge is 2.31. The average Bonchev–Trinajstić information content (AvgIpc) is 3.33. The van der Waals surface area contributed by atoms with E-state index in [0.29, 0.717) is 29.9 Å². The first-order chi connectivity index (χ1) is 18.7. The fraction of sp³-hybridized carbons (Fsp3) is 0.345. The first-order valence-corrected chi connectivity index (χ1v) is 14.6. The smallest absolute Gasteiger partial charge is 0.273 e. The van der Waals surface area contributed by atoms with Crippen LogP contribution in [0.4, 0.5) is 0 Å². The number of ether oxygens (including phenoxy) is 1. The zero-order valence-electron chi connectivity index (χ0n) is 22.6. The molecular formula is C29H33N5O4S. The summed E-state index contributed by atoms with van der Waals surface area (Å²) in [5.41, 5.74) is 4.18. The lowest BCUT2D eigenvalue weighted by molar-refractivity contribution is 0.0935. The van der Waals surface area contributed by atoms with Crippen LogP contribution in [0.25, 0.3) is 16.8 Å². The molecule has 1 unspecified atom stereocenters. The zero-order chi connectivity index (χ0) is 27.7. The Morgan fingerprint density at radius 3 is 2.44 bits per heavy atom. The molecule has 1 N–H and O–H groups in total. The normalized spacial score (nSPS) is 15.3. The number of aromatic nitrogens is 3. The lowest BCUT2D eigenvalue weighted by Gasteiger charge is -2.26. The van der Waals surface area contributed by atoms with Crippen LogP contribution in [0.15, 0.2) is 59.5 Å². The SMILES string of the molecule is COc1ccc(-c2c(C(=O)NC(C)c3ccccc3)nn3c(C)cc(C)nc23)cc1S(=O)(=O)N1CCCCC1. The van der Waals surface area contributed by atoms with E-state index in [4.69, 9.17) is 9.72 Å². The van der Waals surface area contributed by atoms with Crippen molar-refractivity contribution in [2.24, 2.45) is 0 Å². The Morgan fingerprint density at radius 2 is 1.74 bits per heavy atom. The third-order valence-electron chi connectivity index (χ3n) is 7.14. The van der Waals surface area contributed by atoms with Crippen molar-refractivity contribution >= 4 is 21.6 Å². The molecule has 0 aliphatic carbocycles. The number of fused-ring (bicyclic) bond motifs is 1. The van der Waals surface area contributed by atoms with E-state index in [0.717, 1.165) is 36.2 Å². The van der Waals surface area contributed by atoms with Crippen molar-refractivity contribution in [3.63, 3.8) is 0 Å². The van der Waals surface area contributed by atoms with Crippen molar-refractivity contribution in [1.29, 1.82) is 0 Å². The van der Waals surface area contributed by atoms with E-state index in [2.05, 4.69) is 10.4 Å². The van der Waals surface area contributed by atoms with Crippen LogP contribution in [0.2, 0.25) is 0 Å². The number of aryl methyl sites for hydroxylation is 2. The Labute approximate surface area is 228 Å². The van der Waals surface area contributed by atoms with Gasteiger partial charge in [-0.2, -0.15) is 9.40 Å². The number of nitrogens with zero attached hydrogens (tertiary/aromatic N) is 4. The van der Waals surface area contributed by atoms with Gasteiger partial charge in [0.1, 0.15) is 10.6 Å². The Hall–Kier alpha value is -3.76. The van der Waals surface area contributed by atoms with E-state index >= 15 is 0 Å². The highest BCUT2D eigenvalue weighted by Crippen LogP contribution is 2.36. The summed E-state index contributed by atoms with van der Waals surface area (Å²) >= 11 is 0. The van der Waals surface area contributed by atoms with Gasteiger partial charge in [-0.3, -0.25) is 4.79 Å². The average molecular weight is 548 g/mol. The predicted octanol–water partition coefficient (Wildman–Crippen LogP) is 4.69. The molecule has 0 radical (unpaired) electrons. The molecule has 1 aliphatic rings. The Balaban J connectivity index is 1.65. The lowest BCUT2D eigenvalue weighted by Crippen LogP contribution is -2.35. The Bertz CT molecular complexity index is 1630. The van der Waals surface area contributed by atoms with Gasteiger partial charge in [-0.25, -0.2) is 17.9 Å². The maximum Gasteiger partial charge on any atom is 0.273 e. The van der Waals surface area contributed by atoms with Crippen LogP contribution >= 0.6 is 0 Å². The van der Waals surface area contributed by atoms with Gasteiger partial charge < -0.3 is 10.1 Å². The minimum absolute atomic E-state index is 0.0668. The number of amides is 1. The topological polar surface area (TPSA) is 106 Å². The molecule has 2 aromatic carbocycles. The van der Waals surface area contributed by atoms with Crippen molar-refractivity contribution in [3.8, 4) is 16.9 Å². The van der Waals surface area contributed by atoms with Crippen LogP contribution < -0.4 is 10.1 Å². The molecule has 5 rings (SSSR count). The molecule has 0 spiro atoms. The summed E-state index contributed by atoms with van der Waals surface area (Å²) in [5.74, 6) is -0.120. The molecule has 0 bridgehead atoms. The van der Waals surface area contributed by atoms with E-state index in [-0.39, 0.29) is 28.3 Å². The van der Waals surface area contributed by atoms with E-state index < -0.39 is 10.0 Å². The van der Waals surface area contributed by atoms with Gasteiger partial charge in [0, 0.05) is 24.5 Å². The van der Waals surface area contributed by atoms with E-state index in [1.807, 2.05) is 57.2 Å². The molecule has 9 nitrogen and oxygen atoms in total. The molecule has 1 saturated heterocycles. The number of benzene rings is 2. The minimum Gasteiger partial charge on any atom is -0.495 e. The fourth-order valence-electron chi connectivity index (χ4n) is 5.11. The molecule has 2 aromatic heterocycles. The molecule has 10 heteroatoms. The van der Waals surface area contributed by atoms with Crippen molar-refractivity contribution in [1.82, 2.24) is 24.2 Å². The summed E-state index contributed by atoms with van der Waals surface area (Å²) in [7, 11) is -2.36. The number of carbonyl (C=O) groups excluding carboxylic acids is 1. The standard InChI is InChI=1S/C29H33N5O4S/c1-19-17-20(2)34-28(30-19)26(27(32-34)29(35)31-21(3)22-11-7-5-8-12-22)23-13-14-24(38-4)25(18-23)39(36,37)33-15-9-6-10-16-33/h5,7-8,11-14,17-18,21H,6,9-10,15-16H2,1-4H3,(H,31,35). The number of hydrogen-bond donors (Lipinski definition) is 1. The molecule has 39 heavy (non-hydrogen) atoms. The number of carbonyl (C=O) groups is 1. The first-order valence-electron chi connectivity index (χ1n) is 13.1. The Kier molecular flexibility index (Phi) is 7.42. The summed E-state index contributed by atoms with van der Waals surface area (Å²) in [6, 6.07) is 16.3. The van der Waals surface area contributed by atoms with Gasteiger partial charge in [-0.1, -0.05) is 42.8 Å². The number of piperidine rings is 1. The predicted molar refractivity (Wildman–Crippen MR) is 149 cm³/mol. The number of rotatable bonds is 7. The third kappa shape index (κ3) is 5.14. The van der Waals surface area contributed by atoms with Crippen LogP contribution in [0.3, 0.4) is 0 Å². The van der Waals surface area contributed by atoms with Gasteiger partial charge in [-0.05, 0) is 62.9 Å². The first kappa shape index (κ1) is 26.8. The van der Waals surface area contributed by atoms with Crippen LogP contribution in [0.5, 0.6) is 5.75 Å². The monoisotopic (exact) mass is 547 g/mol. The van der Waals surface area contributed by atoms with Crippen LogP contribution in [0.1, 0.15) is 59.7 Å². The van der Waals surface area contributed by atoms with Crippen molar-refractivity contribution in [3.05, 3.63) is 77.2 Å². The molecule has 4 aromatic rings. The molecular weight excluding hydrogens is 514 g/mol. The van der Waals surface area contributed by atoms with Crippen LogP contribution in [-0.2, 0) is 10.0 Å². The van der Waals surface area contributed by atoms with Crippen molar-refractivity contribution in [2.75, 3.05) is 20.2 Å². The lowest BCUT2D eigenvalue weighted by atomic mass is 10.0. The molecule has 3 heterocycles. The maximum absolute atomic E-state index is 13.7. The van der Waals surface area contributed by atoms with Crippen LogP contribution in [-0.4, -0.2) is 53.4 Å². The fourth-order valence-corrected chi connectivity index (χ4v) is 6.81. The van der Waals surface area contributed by atoms with Gasteiger partial charge in [-0.15, -0.1) is 0 Å². The minimum atomic E-state index is -3.82. The number of methoxy groups -OCH3 is 1. The zero-order valence-corrected chi connectivity index (χ0v) is 23.5. The summed E-state index contributed by atoms with van der Waals surface area (Å²) in [6.45, 7) is 6.62. The van der Waals surface area contributed by atoms with E-state index in [1.54, 1.807) is 22.7 Å². The summed E-state index contributed by atoms with van der Waals surface area (Å²) < 4.78 is 36.0. The van der Waals surface area contributed by atoms with Gasteiger partial charge in [0.25, 0.3) is 5.91 Å². The highest BCUT2D eigenvalue weighted by atomic mass is 32.2. The summed E-state index contributed by atoms with van der Waals surface area (Å²) in [4.78, 5) is 18.4. The second kappa shape index (κ2) is 10.8. The third-order valence-corrected chi connectivity index (χ3v) is 9.06. The van der Waals surface area contributed by atoms with E-state index in [1.165, 1.54) is 11.4 Å². The summed E-state index contributed by atoms with van der Waals surface area (Å²) in [6.07, 6.45) is 2.65. The molecule has 1 amide bonds. The Morgan fingerprint density at radius 1 is 1.03 bits per heavy atom. The molecule has 1 fully saturated rings. The molecule has 1 aliphatic heterocycles. The summed E-state index contributed by atoms with van der Waals surface area (Å²) in [5, 5.41) is 7.69. The van der Waals surface area contributed by atoms with Crippen LogP contribution in [0, 0.1) is 13.8 Å². The maximum atomic E-state index is 13.7. The van der Waals surface area contributed by atoms with Gasteiger partial charge in [0.05, 0.1) is 18.7 Å². The molecule has 1 atom stereocenters. The van der Waals surface area contributed by atoms with E-state index in [9.17, 15) is 13.2 Å². The molecule has 0 saturated carbocycles. The van der Waals surface area contributed by atoms with Gasteiger partial charge in [0.15, 0.2) is 11.3 Å². The van der Waals surface area contributed by atoms with Crippen molar-refractivity contribution in [2.45, 2.75) is 51.0 Å². The quantitative estimate of drug-likeness (QED) is 0.360. The number of nitrogens with one attached hydrogen (secondary N) is 1. The molecule has 204 valence electrons. The van der Waals surface area contributed by atoms with Crippen molar-refractivity contribution < 1.29 is 17.9 Å². The number of hydrogen-bond acceptors (Lipinski definition) is 6.